The molecule has 0 unspecified atom stereocenters. The third-order valence-corrected chi connectivity index (χ3v) is 4.52. The zero-order valence-corrected chi connectivity index (χ0v) is 15.0. The van der Waals surface area contributed by atoms with Gasteiger partial charge in [0.25, 0.3) is 0 Å². The fourth-order valence-corrected chi connectivity index (χ4v) is 2.96. The first-order valence-corrected chi connectivity index (χ1v) is 9.47. The fourth-order valence-electron chi connectivity index (χ4n) is 2.04. The third-order valence-electron chi connectivity index (χ3n) is 3.33. The van der Waals surface area contributed by atoms with Crippen molar-refractivity contribution in [3.8, 4) is 5.75 Å². The average Bonchev–Trinajstić information content (AvgIpc) is 2.46. The minimum absolute atomic E-state index is 0.0967. The molecule has 0 aromatic heterocycles. The summed E-state index contributed by atoms with van der Waals surface area (Å²) in [6.45, 7) is 4.87. The van der Waals surface area contributed by atoms with E-state index in [-0.39, 0.29) is 18.9 Å². The number of carbonyl (C=O) groups excluding carboxylic acids is 1. The molecule has 7 heteroatoms. The molecule has 0 radical (unpaired) electrons. The van der Waals surface area contributed by atoms with Gasteiger partial charge in [-0.05, 0) is 24.5 Å². The summed E-state index contributed by atoms with van der Waals surface area (Å²) < 4.78 is 30.3. The Labute approximate surface area is 138 Å². The molecule has 0 aliphatic heterocycles. The van der Waals surface area contributed by atoms with Gasteiger partial charge in [-0.25, -0.2) is 8.42 Å². The number of hydrogen-bond acceptors (Lipinski definition) is 4. The summed E-state index contributed by atoms with van der Waals surface area (Å²) in [6, 6.07) is 6.77. The molecule has 1 rings (SSSR count). The van der Waals surface area contributed by atoms with Gasteiger partial charge in [0.2, 0.25) is 15.9 Å². The van der Waals surface area contributed by atoms with Crippen LogP contribution in [0.2, 0.25) is 0 Å². The van der Waals surface area contributed by atoms with Gasteiger partial charge in [0.15, 0.2) is 0 Å². The van der Waals surface area contributed by atoms with Crippen molar-refractivity contribution in [1.29, 1.82) is 0 Å². The fraction of sp³-hybridized carbons (Fsp3) is 0.562. The highest BCUT2D eigenvalue weighted by Gasteiger charge is 2.19. The molecule has 0 atom stereocenters. The minimum Gasteiger partial charge on any atom is -0.497 e. The molecule has 130 valence electrons. The molecule has 0 saturated heterocycles. The van der Waals surface area contributed by atoms with Crippen LogP contribution in [0.25, 0.3) is 0 Å². The van der Waals surface area contributed by atoms with Crippen molar-refractivity contribution >= 4 is 21.6 Å². The predicted octanol–water partition coefficient (Wildman–Crippen LogP) is 2.01. The average molecular weight is 342 g/mol. The molecule has 0 aliphatic carbocycles. The van der Waals surface area contributed by atoms with Crippen molar-refractivity contribution < 1.29 is 17.9 Å². The second-order valence-corrected chi connectivity index (χ2v) is 7.73. The number of nitrogens with one attached hydrogen (secondary N) is 1. The van der Waals surface area contributed by atoms with E-state index in [1.165, 1.54) is 11.4 Å². The van der Waals surface area contributed by atoms with Gasteiger partial charge in [0, 0.05) is 25.6 Å². The standard InChI is InChI=1S/C16H26N2O4S/c1-13(2)8-10-17-16(19)9-11-18(23(4,20)21)14-6-5-7-15(12-14)22-3/h5-7,12-13H,8-11H2,1-4H3,(H,17,19). The van der Waals surface area contributed by atoms with Gasteiger partial charge in [-0.2, -0.15) is 0 Å². The highest BCUT2D eigenvalue weighted by atomic mass is 32.2. The van der Waals surface area contributed by atoms with Gasteiger partial charge in [-0.15, -0.1) is 0 Å². The summed E-state index contributed by atoms with van der Waals surface area (Å²) in [7, 11) is -1.95. The lowest BCUT2D eigenvalue weighted by molar-refractivity contribution is -0.120. The quantitative estimate of drug-likeness (QED) is 0.745. The first-order chi connectivity index (χ1) is 10.7. The number of methoxy groups -OCH3 is 1. The maximum atomic E-state index is 12.0. The molecule has 1 amide bonds. The smallest absolute Gasteiger partial charge is 0.232 e. The molecule has 0 aliphatic rings. The van der Waals surface area contributed by atoms with Gasteiger partial charge >= 0.3 is 0 Å². The molecular formula is C16H26N2O4S. The molecular weight excluding hydrogens is 316 g/mol. The molecule has 6 nitrogen and oxygen atoms in total. The van der Waals surface area contributed by atoms with E-state index < -0.39 is 10.0 Å². The van der Waals surface area contributed by atoms with Crippen molar-refractivity contribution in [3.63, 3.8) is 0 Å². The van der Waals surface area contributed by atoms with Crippen LogP contribution in [0.4, 0.5) is 5.69 Å². The number of carbonyl (C=O) groups is 1. The molecule has 0 fully saturated rings. The van der Waals surface area contributed by atoms with Crippen LogP contribution in [-0.2, 0) is 14.8 Å². The Balaban J connectivity index is 2.71. The van der Waals surface area contributed by atoms with Crippen LogP contribution in [0.1, 0.15) is 26.7 Å². The number of sulfonamides is 1. The van der Waals surface area contributed by atoms with Crippen LogP contribution in [-0.4, -0.2) is 40.8 Å². The summed E-state index contributed by atoms with van der Waals surface area (Å²) in [5, 5.41) is 2.81. The Morgan fingerprint density at radius 3 is 2.61 bits per heavy atom. The lowest BCUT2D eigenvalue weighted by Crippen LogP contribution is -2.35. The summed E-state index contributed by atoms with van der Waals surface area (Å²) in [5.41, 5.74) is 0.488. The van der Waals surface area contributed by atoms with Crippen molar-refractivity contribution in [2.45, 2.75) is 26.7 Å². The molecule has 0 spiro atoms. The molecule has 1 N–H and O–H groups in total. The normalized spacial score (nSPS) is 11.3. The summed E-state index contributed by atoms with van der Waals surface area (Å²) in [5.74, 6) is 0.930. The van der Waals surface area contributed by atoms with E-state index in [9.17, 15) is 13.2 Å². The summed E-state index contributed by atoms with van der Waals surface area (Å²) in [6.07, 6.45) is 2.14. The van der Waals surface area contributed by atoms with E-state index in [2.05, 4.69) is 19.2 Å². The monoisotopic (exact) mass is 342 g/mol. The zero-order valence-electron chi connectivity index (χ0n) is 14.2. The van der Waals surface area contributed by atoms with E-state index >= 15 is 0 Å². The number of benzene rings is 1. The minimum atomic E-state index is -3.47. The topological polar surface area (TPSA) is 75.7 Å². The third kappa shape index (κ3) is 6.90. The number of amides is 1. The van der Waals surface area contributed by atoms with E-state index in [1.807, 2.05) is 0 Å². The number of nitrogens with zero attached hydrogens (tertiary/aromatic N) is 1. The second kappa shape index (κ2) is 8.76. The van der Waals surface area contributed by atoms with Gasteiger partial charge in [0.05, 0.1) is 19.1 Å². The Hall–Kier alpha value is -1.76. The molecule has 1 aromatic rings. The lowest BCUT2D eigenvalue weighted by Gasteiger charge is -2.22. The van der Waals surface area contributed by atoms with Crippen molar-refractivity contribution in [2.75, 3.05) is 30.8 Å². The van der Waals surface area contributed by atoms with Crippen LogP contribution in [0.15, 0.2) is 24.3 Å². The molecule has 0 bridgehead atoms. The molecule has 23 heavy (non-hydrogen) atoms. The molecule has 0 heterocycles. The predicted molar refractivity (Wildman–Crippen MR) is 92.3 cm³/mol. The van der Waals surface area contributed by atoms with Crippen LogP contribution in [0, 0.1) is 5.92 Å². The lowest BCUT2D eigenvalue weighted by atomic mass is 10.1. The number of ether oxygens (including phenoxy) is 1. The van der Waals surface area contributed by atoms with E-state index in [0.717, 1.165) is 12.7 Å². The van der Waals surface area contributed by atoms with E-state index in [4.69, 9.17) is 4.74 Å². The van der Waals surface area contributed by atoms with Crippen molar-refractivity contribution in [1.82, 2.24) is 5.32 Å². The molecule has 1 aromatic carbocycles. The first kappa shape index (κ1) is 19.3. The van der Waals surface area contributed by atoms with Gasteiger partial charge in [0.1, 0.15) is 5.75 Å². The largest absolute Gasteiger partial charge is 0.497 e. The van der Waals surface area contributed by atoms with Crippen molar-refractivity contribution in [3.05, 3.63) is 24.3 Å². The number of anilines is 1. The van der Waals surface area contributed by atoms with Gasteiger partial charge in [-0.1, -0.05) is 19.9 Å². The van der Waals surface area contributed by atoms with Crippen LogP contribution < -0.4 is 14.4 Å². The highest BCUT2D eigenvalue weighted by Crippen LogP contribution is 2.23. The zero-order chi connectivity index (χ0) is 17.5. The van der Waals surface area contributed by atoms with E-state index in [0.29, 0.717) is 23.9 Å². The Kier molecular flexibility index (Phi) is 7.35. The Morgan fingerprint density at radius 1 is 1.35 bits per heavy atom. The second-order valence-electron chi connectivity index (χ2n) is 5.82. The summed E-state index contributed by atoms with van der Waals surface area (Å²) >= 11 is 0. The van der Waals surface area contributed by atoms with Gasteiger partial charge < -0.3 is 10.1 Å². The summed E-state index contributed by atoms with van der Waals surface area (Å²) in [4.78, 5) is 11.9. The maximum Gasteiger partial charge on any atom is 0.232 e. The van der Waals surface area contributed by atoms with Crippen LogP contribution in [0.3, 0.4) is 0 Å². The SMILES string of the molecule is COc1cccc(N(CCC(=O)NCCC(C)C)S(C)(=O)=O)c1. The Bertz CT molecular complexity index is 614. The number of hydrogen-bond donors (Lipinski definition) is 1. The molecule has 0 saturated carbocycles. The van der Waals surface area contributed by atoms with Gasteiger partial charge in [-0.3, -0.25) is 9.10 Å². The van der Waals surface area contributed by atoms with Crippen molar-refractivity contribution in [2.24, 2.45) is 5.92 Å². The maximum absolute atomic E-state index is 12.0. The van der Waals surface area contributed by atoms with Crippen LogP contribution >= 0.6 is 0 Å². The van der Waals surface area contributed by atoms with Crippen LogP contribution in [0.5, 0.6) is 5.75 Å². The number of rotatable bonds is 9. The Morgan fingerprint density at radius 2 is 2.04 bits per heavy atom. The van der Waals surface area contributed by atoms with E-state index in [1.54, 1.807) is 24.3 Å². The highest BCUT2D eigenvalue weighted by molar-refractivity contribution is 7.92. The first-order valence-electron chi connectivity index (χ1n) is 7.62.